The highest BCUT2D eigenvalue weighted by Gasteiger charge is 2.12. The molecule has 0 atom stereocenters. The molecule has 2 rings (SSSR count). The zero-order chi connectivity index (χ0) is 14.5. The molecule has 0 unspecified atom stereocenters. The molecule has 0 bridgehead atoms. The maximum Gasteiger partial charge on any atom is 0.153 e. The zero-order valence-corrected chi connectivity index (χ0v) is 13.9. The van der Waals surface area contributed by atoms with Crippen LogP contribution < -0.4 is 5.32 Å². The standard InChI is InChI=1S/C15H21BrN4/c1-4-17-9-5-6-14-11(2)19-20(12(14)3)15-8-7-13(16)10-18-15/h7-8,10,17H,4-6,9H2,1-3H3. The van der Waals surface area contributed by atoms with Gasteiger partial charge in [0.2, 0.25) is 0 Å². The van der Waals surface area contributed by atoms with Crippen LogP contribution in [0, 0.1) is 13.8 Å². The minimum Gasteiger partial charge on any atom is -0.317 e. The Morgan fingerprint density at radius 1 is 1.30 bits per heavy atom. The second-order valence-electron chi connectivity index (χ2n) is 4.85. The lowest BCUT2D eigenvalue weighted by atomic mass is 10.1. The van der Waals surface area contributed by atoms with Crippen LogP contribution in [0.5, 0.6) is 0 Å². The third-order valence-electron chi connectivity index (χ3n) is 3.40. The summed E-state index contributed by atoms with van der Waals surface area (Å²) >= 11 is 3.41. The Balaban J connectivity index is 2.17. The van der Waals surface area contributed by atoms with Gasteiger partial charge in [0.25, 0.3) is 0 Å². The Bertz CT molecular complexity index is 560. The topological polar surface area (TPSA) is 42.7 Å². The highest BCUT2D eigenvalue weighted by molar-refractivity contribution is 9.10. The molecule has 0 aromatic carbocycles. The van der Waals surface area contributed by atoms with Gasteiger partial charge in [-0.25, -0.2) is 9.67 Å². The predicted molar refractivity (Wildman–Crippen MR) is 85.4 cm³/mol. The molecule has 0 fully saturated rings. The van der Waals surface area contributed by atoms with Gasteiger partial charge in [0.05, 0.1) is 5.69 Å². The third kappa shape index (κ3) is 3.46. The number of halogens is 1. The summed E-state index contributed by atoms with van der Waals surface area (Å²) < 4.78 is 2.92. The second kappa shape index (κ2) is 6.99. The molecule has 0 saturated heterocycles. The van der Waals surface area contributed by atoms with Crippen molar-refractivity contribution < 1.29 is 0 Å². The minimum absolute atomic E-state index is 0.867. The highest BCUT2D eigenvalue weighted by atomic mass is 79.9. The summed E-state index contributed by atoms with van der Waals surface area (Å²) in [5.74, 6) is 0.867. The van der Waals surface area contributed by atoms with E-state index in [9.17, 15) is 0 Å². The molecule has 0 amide bonds. The van der Waals surface area contributed by atoms with Gasteiger partial charge in [-0.1, -0.05) is 6.92 Å². The van der Waals surface area contributed by atoms with E-state index in [1.54, 1.807) is 6.20 Å². The second-order valence-corrected chi connectivity index (χ2v) is 5.77. The van der Waals surface area contributed by atoms with E-state index < -0.39 is 0 Å². The molecule has 5 heteroatoms. The summed E-state index contributed by atoms with van der Waals surface area (Å²) in [6, 6.07) is 3.97. The normalized spacial score (nSPS) is 11.0. The number of aryl methyl sites for hydroxylation is 1. The van der Waals surface area contributed by atoms with Gasteiger partial charge >= 0.3 is 0 Å². The highest BCUT2D eigenvalue weighted by Crippen LogP contribution is 2.19. The summed E-state index contributed by atoms with van der Waals surface area (Å²) in [5.41, 5.74) is 3.63. The largest absolute Gasteiger partial charge is 0.317 e. The van der Waals surface area contributed by atoms with Crippen LogP contribution in [0.15, 0.2) is 22.8 Å². The van der Waals surface area contributed by atoms with Gasteiger partial charge in [0, 0.05) is 16.4 Å². The number of pyridine rings is 1. The van der Waals surface area contributed by atoms with Crippen LogP contribution in [0.3, 0.4) is 0 Å². The van der Waals surface area contributed by atoms with Crippen molar-refractivity contribution in [2.24, 2.45) is 0 Å². The van der Waals surface area contributed by atoms with Crippen molar-refractivity contribution in [2.75, 3.05) is 13.1 Å². The summed E-state index contributed by atoms with van der Waals surface area (Å²) in [7, 11) is 0. The fraction of sp³-hybridized carbons (Fsp3) is 0.467. The molecule has 1 N–H and O–H groups in total. The first-order valence-electron chi connectivity index (χ1n) is 7.01. The molecule has 20 heavy (non-hydrogen) atoms. The first-order chi connectivity index (χ1) is 9.63. The lowest BCUT2D eigenvalue weighted by Gasteiger charge is -2.05. The van der Waals surface area contributed by atoms with Crippen LogP contribution in [0.4, 0.5) is 0 Å². The molecule has 0 radical (unpaired) electrons. The zero-order valence-electron chi connectivity index (χ0n) is 12.3. The van der Waals surface area contributed by atoms with E-state index in [0.29, 0.717) is 0 Å². The van der Waals surface area contributed by atoms with Gasteiger partial charge in [0.1, 0.15) is 0 Å². The monoisotopic (exact) mass is 336 g/mol. The lowest BCUT2D eigenvalue weighted by Crippen LogP contribution is -2.14. The van der Waals surface area contributed by atoms with Crippen molar-refractivity contribution in [3.05, 3.63) is 39.8 Å². The van der Waals surface area contributed by atoms with E-state index in [4.69, 9.17) is 0 Å². The number of nitrogens with one attached hydrogen (secondary N) is 1. The maximum absolute atomic E-state index is 4.63. The van der Waals surface area contributed by atoms with Crippen LogP contribution >= 0.6 is 15.9 Å². The third-order valence-corrected chi connectivity index (χ3v) is 3.87. The van der Waals surface area contributed by atoms with Crippen molar-refractivity contribution in [3.63, 3.8) is 0 Å². The van der Waals surface area contributed by atoms with E-state index in [1.807, 2.05) is 16.8 Å². The summed E-state index contributed by atoms with van der Waals surface area (Å²) in [4.78, 5) is 4.41. The SMILES string of the molecule is CCNCCCc1c(C)nn(-c2ccc(Br)cn2)c1C. The Labute approximate surface area is 128 Å². The Morgan fingerprint density at radius 3 is 2.75 bits per heavy atom. The molecule has 0 spiro atoms. The Kier molecular flexibility index (Phi) is 5.31. The summed E-state index contributed by atoms with van der Waals surface area (Å²) in [6.07, 6.45) is 3.99. The van der Waals surface area contributed by atoms with E-state index in [0.717, 1.165) is 41.9 Å². The van der Waals surface area contributed by atoms with Crippen LogP contribution in [0.1, 0.15) is 30.3 Å². The van der Waals surface area contributed by atoms with E-state index in [2.05, 4.69) is 52.1 Å². The number of aromatic nitrogens is 3. The van der Waals surface area contributed by atoms with Crippen molar-refractivity contribution in [1.29, 1.82) is 0 Å². The van der Waals surface area contributed by atoms with Gasteiger partial charge in [-0.2, -0.15) is 5.10 Å². The average Bonchev–Trinajstić information content (AvgIpc) is 2.72. The molecular weight excluding hydrogens is 316 g/mol. The number of hydrogen-bond donors (Lipinski definition) is 1. The first-order valence-corrected chi connectivity index (χ1v) is 7.80. The molecule has 2 aromatic rings. The van der Waals surface area contributed by atoms with Gasteiger partial charge in [0.15, 0.2) is 5.82 Å². The van der Waals surface area contributed by atoms with Crippen molar-refractivity contribution >= 4 is 15.9 Å². The average molecular weight is 337 g/mol. The summed E-state index contributed by atoms with van der Waals surface area (Å²) in [5, 5.41) is 7.98. The molecule has 4 nitrogen and oxygen atoms in total. The fourth-order valence-electron chi connectivity index (χ4n) is 2.32. The quantitative estimate of drug-likeness (QED) is 0.824. The molecular formula is C15H21BrN4. The summed E-state index contributed by atoms with van der Waals surface area (Å²) in [6.45, 7) is 8.40. The van der Waals surface area contributed by atoms with Gasteiger partial charge < -0.3 is 5.32 Å². The fourth-order valence-corrected chi connectivity index (χ4v) is 2.55. The van der Waals surface area contributed by atoms with Crippen molar-refractivity contribution in [2.45, 2.75) is 33.6 Å². The van der Waals surface area contributed by atoms with Gasteiger partial charge in [-0.05, 0) is 73.4 Å². The van der Waals surface area contributed by atoms with Gasteiger partial charge in [-0.3, -0.25) is 0 Å². The van der Waals surface area contributed by atoms with Crippen LogP contribution in [-0.4, -0.2) is 27.9 Å². The Hall–Kier alpha value is -1.20. The van der Waals surface area contributed by atoms with Crippen LogP contribution in [-0.2, 0) is 6.42 Å². The lowest BCUT2D eigenvalue weighted by molar-refractivity contribution is 0.670. The van der Waals surface area contributed by atoms with E-state index in [-0.39, 0.29) is 0 Å². The van der Waals surface area contributed by atoms with E-state index in [1.165, 1.54) is 11.3 Å². The minimum atomic E-state index is 0.867. The molecule has 2 heterocycles. The molecule has 0 aliphatic rings. The smallest absolute Gasteiger partial charge is 0.153 e. The predicted octanol–water partition coefficient (Wildman–Crippen LogP) is 3.19. The first kappa shape index (κ1) is 15.2. The van der Waals surface area contributed by atoms with Crippen LogP contribution in [0.25, 0.3) is 5.82 Å². The molecule has 2 aromatic heterocycles. The molecule has 0 saturated carbocycles. The molecule has 108 valence electrons. The number of nitrogens with zero attached hydrogens (tertiary/aromatic N) is 3. The molecule has 0 aliphatic carbocycles. The Morgan fingerprint density at radius 2 is 2.10 bits per heavy atom. The maximum atomic E-state index is 4.63. The van der Waals surface area contributed by atoms with E-state index >= 15 is 0 Å². The van der Waals surface area contributed by atoms with Crippen molar-refractivity contribution in [3.8, 4) is 5.82 Å². The van der Waals surface area contributed by atoms with Gasteiger partial charge in [-0.15, -0.1) is 0 Å². The molecule has 0 aliphatic heterocycles. The number of hydrogen-bond acceptors (Lipinski definition) is 3. The van der Waals surface area contributed by atoms with Crippen molar-refractivity contribution in [1.82, 2.24) is 20.1 Å². The number of rotatable bonds is 6. The van der Waals surface area contributed by atoms with Crippen LogP contribution in [0.2, 0.25) is 0 Å².